The van der Waals surface area contributed by atoms with Crippen LogP contribution in [0.4, 0.5) is 0 Å². The number of nitrogens with one attached hydrogen (secondary N) is 1. The molecule has 0 aliphatic heterocycles. The molecule has 0 spiro atoms. The largest absolute Gasteiger partial charge is 0.484 e. The van der Waals surface area contributed by atoms with E-state index in [1.54, 1.807) is 0 Å². The highest BCUT2D eigenvalue weighted by Gasteiger charge is 2.03. The molecular weight excluding hydrogens is 204 g/mol. The average molecular weight is 222 g/mol. The van der Waals surface area contributed by atoms with Gasteiger partial charge in [-0.2, -0.15) is 0 Å². The fourth-order valence-corrected chi connectivity index (χ4v) is 1.32. The van der Waals surface area contributed by atoms with Gasteiger partial charge in [-0.3, -0.25) is 10.2 Å². The van der Waals surface area contributed by atoms with E-state index < -0.39 is 0 Å². The molecule has 0 saturated carbocycles. The van der Waals surface area contributed by atoms with E-state index in [9.17, 15) is 4.79 Å². The van der Waals surface area contributed by atoms with E-state index in [0.29, 0.717) is 11.7 Å². The van der Waals surface area contributed by atoms with E-state index in [1.165, 1.54) is 5.56 Å². The van der Waals surface area contributed by atoms with Crippen molar-refractivity contribution in [2.75, 3.05) is 6.61 Å². The fourth-order valence-electron chi connectivity index (χ4n) is 1.32. The van der Waals surface area contributed by atoms with E-state index in [1.807, 2.05) is 29.7 Å². The number of hydrogen-bond acceptors (Lipinski definition) is 3. The Bertz CT molecular complexity index is 335. The molecule has 4 nitrogen and oxygen atoms in total. The van der Waals surface area contributed by atoms with E-state index >= 15 is 0 Å². The van der Waals surface area contributed by atoms with Crippen LogP contribution in [0.5, 0.6) is 5.75 Å². The molecule has 0 aliphatic rings. The normalized spacial score (nSPS) is 11.9. The van der Waals surface area contributed by atoms with E-state index in [-0.39, 0.29) is 12.5 Å². The lowest BCUT2D eigenvalue weighted by Gasteiger charge is -2.10. The summed E-state index contributed by atoms with van der Waals surface area (Å²) in [6.07, 6.45) is 1.11. The third-order valence-electron chi connectivity index (χ3n) is 2.59. The van der Waals surface area contributed by atoms with E-state index in [0.717, 1.165) is 6.42 Å². The van der Waals surface area contributed by atoms with Gasteiger partial charge in [0, 0.05) is 0 Å². The molecule has 1 aromatic carbocycles. The first-order valence-corrected chi connectivity index (χ1v) is 5.39. The van der Waals surface area contributed by atoms with Gasteiger partial charge < -0.3 is 4.74 Å². The first-order valence-electron chi connectivity index (χ1n) is 5.39. The number of nitrogens with two attached hydrogens (primary N) is 1. The second kappa shape index (κ2) is 6.12. The molecule has 0 aliphatic carbocycles. The molecule has 0 radical (unpaired) electrons. The number of ether oxygens (including phenoxy) is 1. The highest BCUT2D eigenvalue weighted by molar-refractivity contribution is 5.76. The molecule has 0 bridgehead atoms. The van der Waals surface area contributed by atoms with E-state index in [4.69, 9.17) is 10.6 Å². The summed E-state index contributed by atoms with van der Waals surface area (Å²) < 4.78 is 5.24. The second-order valence-corrected chi connectivity index (χ2v) is 3.73. The first-order chi connectivity index (χ1) is 7.67. The third-order valence-corrected chi connectivity index (χ3v) is 2.59. The van der Waals surface area contributed by atoms with Crippen molar-refractivity contribution >= 4 is 5.91 Å². The fraction of sp³-hybridized carbons (Fsp3) is 0.417. The molecule has 1 rings (SSSR count). The van der Waals surface area contributed by atoms with Crippen molar-refractivity contribution in [3.8, 4) is 5.75 Å². The minimum atomic E-state index is -0.342. The van der Waals surface area contributed by atoms with Gasteiger partial charge >= 0.3 is 0 Å². The van der Waals surface area contributed by atoms with Crippen LogP contribution in [0.3, 0.4) is 0 Å². The van der Waals surface area contributed by atoms with Gasteiger partial charge in [-0.15, -0.1) is 0 Å². The highest BCUT2D eigenvalue weighted by atomic mass is 16.5. The maximum atomic E-state index is 10.8. The SMILES string of the molecule is CC[C@@H](C)c1ccc(OCC(=O)NN)cc1. The summed E-state index contributed by atoms with van der Waals surface area (Å²) in [6, 6.07) is 7.77. The van der Waals surface area contributed by atoms with Crippen molar-refractivity contribution in [2.24, 2.45) is 5.84 Å². The monoisotopic (exact) mass is 222 g/mol. The molecule has 1 amide bonds. The molecular formula is C12H18N2O2. The van der Waals surface area contributed by atoms with Crippen LogP contribution in [-0.4, -0.2) is 12.5 Å². The predicted molar refractivity (Wildman–Crippen MR) is 63.0 cm³/mol. The Kier molecular flexibility index (Phi) is 4.79. The zero-order chi connectivity index (χ0) is 12.0. The molecule has 0 fully saturated rings. The minimum absolute atomic E-state index is 0.0564. The summed E-state index contributed by atoms with van der Waals surface area (Å²) in [6.45, 7) is 4.28. The summed E-state index contributed by atoms with van der Waals surface area (Å²) in [5.41, 5.74) is 3.29. The lowest BCUT2D eigenvalue weighted by atomic mass is 9.99. The van der Waals surface area contributed by atoms with Crippen LogP contribution in [-0.2, 0) is 4.79 Å². The summed E-state index contributed by atoms with van der Waals surface area (Å²) >= 11 is 0. The molecule has 0 heterocycles. The zero-order valence-corrected chi connectivity index (χ0v) is 9.69. The molecule has 88 valence electrons. The van der Waals surface area contributed by atoms with Crippen LogP contribution in [0.25, 0.3) is 0 Å². The molecule has 0 aromatic heterocycles. The first kappa shape index (κ1) is 12.5. The molecule has 1 atom stereocenters. The van der Waals surface area contributed by atoms with Crippen molar-refractivity contribution in [3.63, 3.8) is 0 Å². The quantitative estimate of drug-likeness (QED) is 0.451. The molecule has 1 aromatic rings. The van der Waals surface area contributed by atoms with Crippen molar-refractivity contribution < 1.29 is 9.53 Å². The van der Waals surface area contributed by atoms with Gasteiger partial charge in [0.25, 0.3) is 5.91 Å². The maximum absolute atomic E-state index is 10.8. The van der Waals surface area contributed by atoms with Crippen LogP contribution in [0.1, 0.15) is 31.7 Å². The van der Waals surface area contributed by atoms with Gasteiger partial charge in [0.15, 0.2) is 6.61 Å². The van der Waals surface area contributed by atoms with Gasteiger partial charge in [-0.05, 0) is 30.0 Å². The van der Waals surface area contributed by atoms with Crippen LogP contribution in [0.2, 0.25) is 0 Å². The topological polar surface area (TPSA) is 64.3 Å². The summed E-state index contributed by atoms with van der Waals surface area (Å²) in [5, 5.41) is 0. The lowest BCUT2D eigenvalue weighted by Crippen LogP contribution is -2.34. The van der Waals surface area contributed by atoms with Gasteiger partial charge in [0.2, 0.25) is 0 Å². The Hall–Kier alpha value is -1.55. The van der Waals surface area contributed by atoms with Crippen LogP contribution in [0.15, 0.2) is 24.3 Å². The van der Waals surface area contributed by atoms with Gasteiger partial charge in [-0.25, -0.2) is 5.84 Å². The standard InChI is InChI=1S/C12H18N2O2/c1-3-9(2)10-4-6-11(7-5-10)16-8-12(15)14-13/h4-7,9H,3,8,13H2,1-2H3,(H,14,15)/t9-/m1/s1. The van der Waals surface area contributed by atoms with Gasteiger partial charge in [-0.1, -0.05) is 26.0 Å². The maximum Gasteiger partial charge on any atom is 0.271 e. The number of hydrogen-bond donors (Lipinski definition) is 2. The number of rotatable bonds is 5. The Labute approximate surface area is 95.8 Å². The Morgan fingerprint density at radius 3 is 2.56 bits per heavy atom. The van der Waals surface area contributed by atoms with Crippen LogP contribution < -0.4 is 16.0 Å². The van der Waals surface area contributed by atoms with Crippen LogP contribution in [0, 0.1) is 0 Å². The zero-order valence-electron chi connectivity index (χ0n) is 9.69. The molecule has 0 unspecified atom stereocenters. The number of carbonyl (C=O) groups excluding carboxylic acids is 1. The van der Waals surface area contributed by atoms with Crippen molar-refractivity contribution in [1.29, 1.82) is 0 Å². The number of hydrazine groups is 1. The number of amides is 1. The lowest BCUT2D eigenvalue weighted by molar-refractivity contribution is -0.123. The molecule has 3 N–H and O–H groups in total. The Morgan fingerprint density at radius 2 is 2.06 bits per heavy atom. The molecule has 0 saturated heterocycles. The molecule has 4 heteroatoms. The summed E-state index contributed by atoms with van der Waals surface area (Å²) in [7, 11) is 0. The van der Waals surface area contributed by atoms with E-state index in [2.05, 4.69) is 13.8 Å². The predicted octanol–water partition coefficient (Wildman–Crippen LogP) is 1.57. The summed E-state index contributed by atoms with van der Waals surface area (Å²) in [4.78, 5) is 10.8. The number of carbonyl (C=O) groups is 1. The smallest absolute Gasteiger partial charge is 0.271 e. The van der Waals surface area contributed by atoms with Gasteiger partial charge in [0.05, 0.1) is 0 Å². The Balaban J connectivity index is 2.54. The number of benzene rings is 1. The second-order valence-electron chi connectivity index (χ2n) is 3.73. The van der Waals surface area contributed by atoms with Crippen molar-refractivity contribution in [3.05, 3.63) is 29.8 Å². The Morgan fingerprint density at radius 1 is 1.44 bits per heavy atom. The van der Waals surface area contributed by atoms with Crippen molar-refractivity contribution in [2.45, 2.75) is 26.2 Å². The summed E-state index contributed by atoms with van der Waals surface area (Å²) in [5.74, 6) is 5.82. The average Bonchev–Trinajstić information content (AvgIpc) is 2.35. The van der Waals surface area contributed by atoms with Crippen LogP contribution >= 0.6 is 0 Å². The van der Waals surface area contributed by atoms with Crippen molar-refractivity contribution in [1.82, 2.24) is 5.43 Å². The highest BCUT2D eigenvalue weighted by Crippen LogP contribution is 2.21. The molecule has 16 heavy (non-hydrogen) atoms. The van der Waals surface area contributed by atoms with Gasteiger partial charge in [0.1, 0.15) is 5.75 Å². The third kappa shape index (κ3) is 3.55. The minimum Gasteiger partial charge on any atom is -0.484 e.